The van der Waals surface area contributed by atoms with Crippen LogP contribution in [-0.2, 0) is 9.59 Å². The third kappa shape index (κ3) is 3.45. The highest BCUT2D eigenvalue weighted by atomic mass is 79.9. The van der Waals surface area contributed by atoms with Gasteiger partial charge in [-0.2, -0.15) is 0 Å². The van der Waals surface area contributed by atoms with Crippen molar-refractivity contribution in [2.75, 3.05) is 6.54 Å². The molecule has 0 radical (unpaired) electrons. The summed E-state index contributed by atoms with van der Waals surface area (Å²) in [6, 6.07) is 6.53. The summed E-state index contributed by atoms with van der Waals surface area (Å²) in [4.78, 5) is 37.5. The minimum Gasteiger partial charge on any atom is -0.481 e. The molecule has 2 aliphatic rings. The number of amides is 2. The van der Waals surface area contributed by atoms with E-state index in [1.165, 1.54) is 0 Å². The SMILES string of the molecule is O=C(O)C1CC(NC(=O)C2CCCN2C(=O)c2ccc(Br)cc2)C1. The number of benzene rings is 1. The first-order valence-electron chi connectivity index (χ1n) is 8.05. The van der Waals surface area contributed by atoms with Gasteiger partial charge in [0.2, 0.25) is 5.91 Å². The van der Waals surface area contributed by atoms with Crippen LogP contribution in [0.4, 0.5) is 0 Å². The summed E-state index contributed by atoms with van der Waals surface area (Å²) in [5.74, 6) is -1.49. The topological polar surface area (TPSA) is 86.7 Å². The first-order valence-corrected chi connectivity index (χ1v) is 8.84. The summed E-state index contributed by atoms with van der Waals surface area (Å²) >= 11 is 3.34. The van der Waals surface area contributed by atoms with E-state index in [1.54, 1.807) is 29.2 Å². The van der Waals surface area contributed by atoms with Crippen LogP contribution in [-0.4, -0.2) is 46.4 Å². The van der Waals surface area contributed by atoms with E-state index < -0.39 is 12.0 Å². The maximum Gasteiger partial charge on any atom is 0.306 e. The fourth-order valence-electron chi connectivity index (χ4n) is 3.28. The highest BCUT2D eigenvalue weighted by molar-refractivity contribution is 9.10. The predicted molar refractivity (Wildman–Crippen MR) is 90.5 cm³/mol. The Morgan fingerprint density at radius 2 is 1.83 bits per heavy atom. The number of hydrogen-bond acceptors (Lipinski definition) is 3. The quantitative estimate of drug-likeness (QED) is 0.817. The van der Waals surface area contributed by atoms with Gasteiger partial charge in [0, 0.05) is 22.6 Å². The van der Waals surface area contributed by atoms with Crippen molar-refractivity contribution in [1.29, 1.82) is 0 Å². The second kappa shape index (κ2) is 6.93. The Morgan fingerprint density at radius 3 is 2.46 bits per heavy atom. The number of carboxylic acids is 1. The van der Waals surface area contributed by atoms with Gasteiger partial charge >= 0.3 is 5.97 Å². The van der Waals surface area contributed by atoms with Gasteiger partial charge in [0.15, 0.2) is 0 Å². The van der Waals surface area contributed by atoms with Gasteiger partial charge in [-0.25, -0.2) is 0 Å². The van der Waals surface area contributed by atoms with Crippen molar-refractivity contribution in [3.8, 4) is 0 Å². The van der Waals surface area contributed by atoms with Crippen LogP contribution in [0.2, 0.25) is 0 Å². The molecule has 1 heterocycles. The molecule has 1 atom stereocenters. The Kier molecular flexibility index (Phi) is 4.89. The zero-order chi connectivity index (χ0) is 17.3. The molecule has 1 aliphatic carbocycles. The summed E-state index contributed by atoms with van der Waals surface area (Å²) in [6.07, 6.45) is 2.37. The minimum atomic E-state index is -0.812. The lowest BCUT2D eigenvalue weighted by Crippen LogP contribution is -2.53. The largest absolute Gasteiger partial charge is 0.481 e. The third-order valence-corrected chi connectivity index (χ3v) is 5.27. The number of halogens is 1. The monoisotopic (exact) mass is 394 g/mol. The summed E-state index contributed by atoms with van der Waals surface area (Å²) in [5.41, 5.74) is 0.562. The second-order valence-corrected chi connectivity index (χ2v) is 7.29. The molecule has 1 aromatic carbocycles. The van der Waals surface area contributed by atoms with Crippen LogP contribution in [0.1, 0.15) is 36.0 Å². The molecule has 1 unspecified atom stereocenters. The summed E-state index contributed by atoms with van der Waals surface area (Å²) in [7, 11) is 0. The average molecular weight is 395 g/mol. The molecule has 1 saturated heterocycles. The Bertz CT molecular complexity index is 655. The summed E-state index contributed by atoms with van der Waals surface area (Å²) in [6.45, 7) is 0.565. The van der Waals surface area contributed by atoms with Gasteiger partial charge in [0.05, 0.1) is 5.92 Å². The summed E-state index contributed by atoms with van der Waals surface area (Å²) < 4.78 is 0.896. The van der Waals surface area contributed by atoms with Gasteiger partial charge < -0.3 is 15.3 Å². The van der Waals surface area contributed by atoms with Crippen molar-refractivity contribution in [3.63, 3.8) is 0 Å². The van der Waals surface area contributed by atoms with E-state index in [2.05, 4.69) is 21.2 Å². The molecule has 128 valence electrons. The molecule has 6 nitrogen and oxygen atoms in total. The van der Waals surface area contributed by atoms with Gasteiger partial charge in [-0.3, -0.25) is 14.4 Å². The Balaban J connectivity index is 1.60. The molecule has 2 N–H and O–H groups in total. The molecule has 1 aromatic rings. The van der Waals surface area contributed by atoms with Crippen molar-refractivity contribution in [2.45, 2.75) is 37.8 Å². The van der Waals surface area contributed by atoms with Crippen LogP contribution in [0.15, 0.2) is 28.7 Å². The molecule has 0 bridgehead atoms. The van der Waals surface area contributed by atoms with Crippen LogP contribution >= 0.6 is 15.9 Å². The third-order valence-electron chi connectivity index (χ3n) is 4.74. The lowest BCUT2D eigenvalue weighted by molar-refractivity contribution is -0.146. The molecule has 7 heteroatoms. The zero-order valence-corrected chi connectivity index (χ0v) is 14.7. The predicted octanol–water partition coefficient (Wildman–Crippen LogP) is 2.03. The molecule has 24 heavy (non-hydrogen) atoms. The zero-order valence-electron chi connectivity index (χ0n) is 13.1. The highest BCUT2D eigenvalue weighted by Crippen LogP contribution is 2.28. The Morgan fingerprint density at radius 1 is 1.17 bits per heavy atom. The second-order valence-electron chi connectivity index (χ2n) is 6.38. The van der Waals surface area contributed by atoms with Gasteiger partial charge in [-0.15, -0.1) is 0 Å². The molecule has 0 spiro atoms. The summed E-state index contributed by atoms with van der Waals surface area (Å²) in [5, 5.41) is 11.8. The van der Waals surface area contributed by atoms with Crippen molar-refractivity contribution in [3.05, 3.63) is 34.3 Å². The van der Waals surface area contributed by atoms with Crippen LogP contribution in [0, 0.1) is 5.92 Å². The molecular weight excluding hydrogens is 376 g/mol. The fourth-order valence-corrected chi connectivity index (χ4v) is 3.54. The Hall–Kier alpha value is -1.89. The lowest BCUT2D eigenvalue weighted by atomic mass is 9.80. The molecule has 3 rings (SSSR count). The number of carbonyl (C=O) groups excluding carboxylic acids is 2. The molecule has 2 amide bonds. The molecule has 0 aromatic heterocycles. The number of hydrogen-bond donors (Lipinski definition) is 2. The lowest BCUT2D eigenvalue weighted by Gasteiger charge is -2.34. The van der Waals surface area contributed by atoms with E-state index in [0.717, 1.165) is 10.9 Å². The van der Waals surface area contributed by atoms with Crippen molar-refractivity contribution >= 4 is 33.7 Å². The first-order chi connectivity index (χ1) is 11.5. The number of aliphatic carboxylic acids is 1. The van der Waals surface area contributed by atoms with E-state index in [9.17, 15) is 14.4 Å². The number of likely N-dealkylation sites (tertiary alicyclic amines) is 1. The normalized spacial score (nSPS) is 25.9. The van der Waals surface area contributed by atoms with Crippen molar-refractivity contribution < 1.29 is 19.5 Å². The van der Waals surface area contributed by atoms with E-state index in [4.69, 9.17) is 5.11 Å². The van der Waals surface area contributed by atoms with E-state index in [1.807, 2.05) is 0 Å². The van der Waals surface area contributed by atoms with Crippen molar-refractivity contribution in [2.24, 2.45) is 5.92 Å². The van der Waals surface area contributed by atoms with Crippen molar-refractivity contribution in [1.82, 2.24) is 10.2 Å². The Labute approximate surface area is 148 Å². The van der Waals surface area contributed by atoms with Gasteiger partial charge in [-0.05, 0) is 49.9 Å². The number of rotatable bonds is 4. The molecule has 1 saturated carbocycles. The van der Waals surface area contributed by atoms with Gasteiger partial charge in [0.25, 0.3) is 5.91 Å². The smallest absolute Gasteiger partial charge is 0.306 e. The van der Waals surface area contributed by atoms with Crippen LogP contribution in [0.3, 0.4) is 0 Å². The molecular formula is C17H19BrN2O4. The van der Waals surface area contributed by atoms with E-state index >= 15 is 0 Å². The van der Waals surface area contributed by atoms with Crippen LogP contribution in [0.25, 0.3) is 0 Å². The van der Waals surface area contributed by atoms with E-state index in [-0.39, 0.29) is 23.8 Å². The first kappa shape index (κ1) is 17.0. The number of carboxylic acid groups (broad SMARTS) is 1. The highest BCUT2D eigenvalue weighted by Gasteiger charge is 2.39. The fraction of sp³-hybridized carbons (Fsp3) is 0.471. The molecule has 1 aliphatic heterocycles. The van der Waals surface area contributed by atoms with Gasteiger partial charge in [-0.1, -0.05) is 15.9 Å². The number of nitrogens with zero attached hydrogens (tertiary/aromatic N) is 1. The minimum absolute atomic E-state index is 0.0937. The standard InChI is InChI=1S/C17H19BrN2O4/c18-12-5-3-10(4-6-12)16(22)20-7-1-2-14(20)15(21)19-13-8-11(9-13)17(23)24/h3-6,11,13-14H,1-2,7-9H2,(H,19,21)(H,23,24). The van der Waals surface area contributed by atoms with Crippen LogP contribution < -0.4 is 5.32 Å². The number of nitrogens with one attached hydrogen (secondary N) is 1. The molecule has 2 fully saturated rings. The van der Waals surface area contributed by atoms with E-state index in [0.29, 0.717) is 31.4 Å². The maximum absolute atomic E-state index is 12.6. The van der Waals surface area contributed by atoms with Crippen LogP contribution in [0.5, 0.6) is 0 Å². The number of carbonyl (C=O) groups is 3. The van der Waals surface area contributed by atoms with Gasteiger partial charge in [0.1, 0.15) is 6.04 Å². The average Bonchev–Trinajstić information content (AvgIpc) is 2.99. The maximum atomic E-state index is 12.6.